The van der Waals surface area contributed by atoms with E-state index < -0.39 is 0 Å². The summed E-state index contributed by atoms with van der Waals surface area (Å²) in [5.41, 5.74) is 2.64. The highest BCUT2D eigenvalue weighted by atomic mass is 16.7. The molecule has 0 N–H and O–H groups in total. The van der Waals surface area contributed by atoms with E-state index in [-0.39, 0.29) is 23.7 Å². The number of amides is 1. The van der Waals surface area contributed by atoms with E-state index in [1.807, 2.05) is 0 Å². The topological polar surface area (TPSA) is 42.0 Å². The molecule has 1 spiro atoms. The van der Waals surface area contributed by atoms with Gasteiger partial charge in [0.15, 0.2) is 0 Å². The second-order valence-corrected chi connectivity index (χ2v) is 10.6. The Morgan fingerprint density at radius 1 is 1.03 bits per heavy atom. The van der Waals surface area contributed by atoms with E-state index in [1.165, 1.54) is 11.1 Å². The number of fused-ring (bicyclic) bond motifs is 2. The van der Waals surface area contributed by atoms with Crippen LogP contribution < -0.4 is 5.46 Å². The van der Waals surface area contributed by atoms with Crippen molar-refractivity contribution in [2.45, 2.75) is 82.6 Å². The van der Waals surface area contributed by atoms with Gasteiger partial charge in [-0.15, -0.1) is 0 Å². The number of benzene rings is 1. The van der Waals surface area contributed by atoms with Gasteiger partial charge in [-0.1, -0.05) is 18.2 Å². The van der Waals surface area contributed by atoms with E-state index in [4.69, 9.17) is 9.31 Å². The molecule has 4 aliphatic rings. The third-order valence-corrected chi connectivity index (χ3v) is 8.06. The van der Waals surface area contributed by atoms with Crippen LogP contribution in [0.3, 0.4) is 0 Å². The number of nitrogens with zero attached hydrogens (tertiary/aromatic N) is 2. The van der Waals surface area contributed by atoms with Gasteiger partial charge < -0.3 is 19.1 Å². The van der Waals surface area contributed by atoms with Crippen LogP contribution in [-0.4, -0.2) is 60.2 Å². The van der Waals surface area contributed by atoms with Crippen molar-refractivity contribution >= 4 is 18.5 Å². The molecule has 1 saturated carbocycles. The van der Waals surface area contributed by atoms with Crippen molar-refractivity contribution in [3.63, 3.8) is 0 Å². The van der Waals surface area contributed by atoms with E-state index in [0.717, 1.165) is 50.8 Å². The zero-order valence-corrected chi connectivity index (χ0v) is 18.5. The van der Waals surface area contributed by atoms with E-state index in [1.54, 1.807) is 0 Å². The minimum atomic E-state index is -0.352. The lowest BCUT2D eigenvalue weighted by Gasteiger charge is -2.42. The highest BCUT2D eigenvalue weighted by molar-refractivity contribution is 6.62. The summed E-state index contributed by atoms with van der Waals surface area (Å²) in [6, 6.07) is 6.89. The fraction of sp³-hybridized carbons (Fsp3) is 0.696. The van der Waals surface area contributed by atoms with Crippen LogP contribution >= 0.6 is 0 Å². The van der Waals surface area contributed by atoms with Crippen molar-refractivity contribution in [2.75, 3.05) is 20.1 Å². The molecule has 29 heavy (non-hydrogen) atoms. The van der Waals surface area contributed by atoms with Crippen molar-refractivity contribution < 1.29 is 14.1 Å². The van der Waals surface area contributed by atoms with Gasteiger partial charge in [0.25, 0.3) is 0 Å². The first-order valence-electron chi connectivity index (χ1n) is 11.1. The van der Waals surface area contributed by atoms with Crippen LogP contribution in [0.2, 0.25) is 0 Å². The molecule has 2 saturated heterocycles. The Morgan fingerprint density at radius 3 is 2.24 bits per heavy atom. The molecule has 0 atom stereocenters. The van der Waals surface area contributed by atoms with Gasteiger partial charge in [-0.25, -0.2) is 0 Å². The Labute approximate surface area is 174 Å². The van der Waals surface area contributed by atoms with Crippen LogP contribution in [-0.2, 0) is 26.1 Å². The van der Waals surface area contributed by atoms with Crippen LogP contribution in [0, 0.1) is 0 Å². The number of likely N-dealkylation sites (tertiary alicyclic amines) is 1. The average molecular weight is 396 g/mol. The molecule has 3 fully saturated rings. The van der Waals surface area contributed by atoms with Gasteiger partial charge in [0.1, 0.15) is 0 Å². The molecular weight excluding hydrogens is 363 g/mol. The molecule has 1 aliphatic carbocycles. The summed E-state index contributed by atoms with van der Waals surface area (Å²) in [4.78, 5) is 18.0. The zero-order valence-electron chi connectivity index (χ0n) is 18.5. The summed E-state index contributed by atoms with van der Waals surface area (Å²) in [5.74, 6) is 0.364. The predicted octanol–water partition coefficient (Wildman–Crippen LogP) is 2.45. The predicted molar refractivity (Wildman–Crippen MR) is 114 cm³/mol. The maximum atomic E-state index is 13.4. The molecule has 1 amide bonds. The molecule has 0 aromatic heterocycles. The van der Waals surface area contributed by atoms with E-state index in [9.17, 15) is 4.79 Å². The number of hydrogen-bond acceptors (Lipinski definition) is 4. The second-order valence-electron chi connectivity index (χ2n) is 10.6. The van der Waals surface area contributed by atoms with E-state index in [0.29, 0.717) is 11.9 Å². The third-order valence-electron chi connectivity index (χ3n) is 8.06. The van der Waals surface area contributed by atoms with Gasteiger partial charge >= 0.3 is 7.12 Å². The molecule has 1 aromatic carbocycles. The first-order valence-corrected chi connectivity index (χ1v) is 11.1. The summed E-state index contributed by atoms with van der Waals surface area (Å²) < 4.78 is 12.6. The molecule has 6 heteroatoms. The van der Waals surface area contributed by atoms with Crippen molar-refractivity contribution in [3.8, 4) is 0 Å². The van der Waals surface area contributed by atoms with Crippen molar-refractivity contribution in [1.82, 2.24) is 9.80 Å². The number of rotatable bonds is 2. The standard InChI is InChI=1S/C23H33BN2O3/c1-21(2)22(3,4)29-24(28-21)17-6-7-19-16(14-17)15-26(20(27)23(19)10-11-23)18-8-12-25(5)13-9-18/h6-7,14,18H,8-13,15H2,1-5H3. The average Bonchev–Trinajstić information content (AvgIpc) is 3.42. The Morgan fingerprint density at radius 2 is 1.66 bits per heavy atom. The molecule has 3 aliphatic heterocycles. The van der Waals surface area contributed by atoms with Gasteiger partial charge in [-0.2, -0.15) is 0 Å². The summed E-state index contributed by atoms with van der Waals surface area (Å²) >= 11 is 0. The number of carbonyl (C=O) groups excluding carboxylic acids is 1. The molecular formula is C23H33BN2O3. The van der Waals surface area contributed by atoms with Crippen molar-refractivity contribution in [1.29, 1.82) is 0 Å². The molecule has 0 unspecified atom stereocenters. The first kappa shape index (κ1) is 19.6. The van der Waals surface area contributed by atoms with Crippen molar-refractivity contribution in [2.24, 2.45) is 0 Å². The summed E-state index contributed by atoms with van der Waals surface area (Å²) in [7, 11) is 1.82. The van der Waals surface area contributed by atoms with Crippen LogP contribution in [0.4, 0.5) is 0 Å². The lowest BCUT2D eigenvalue weighted by molar-refractivity contribution is -0.139. The minimum absolute atomic E-state index is 0.259. The van der Waals surface area contributed by atoms with Crippen LogP contribution in [0.15, 0.2) is 18.2 Å². The lowest BCUT2D eigenvalue weighted by atomic mass is 9.75. The maximum absolute atomic E-state index is 13.4. The van der Waals surface area contributed by atoms with Crippen LogP contribution in [0.1, 0.15) is 64.5 Å². The van der Waals surface area contributed by atoms with Gasteiger partial charge in [0.05, 0.1) is 16.6 Å². The van der Waals surface area contributed by atoms with Gasteiger partial charge in [-0.3, -0.25) is 4.79 Å². The quantitative estimate of drug-likeness (QED) is 0.721. The number of piperidine rings is 1. The monoisotopic (exact) mass is 396 g/mol. The zero-order chi connectivity index (χ0) is 20.6. The Bertz CT molecular complexity index is 825. The highest BCUT2D eigenvalue weighted by Crippen LogP contribution is 2.53. The molecule has 0 bridgehead atoms. The smallest absolute Gasteiger partial charge is 0.399 e. The Kier molecular flexibility index (Phi) is 4.27. The summed E-state index contributed by atoms with van der Waals surface area (Å²) in [6.07, 6.45) is 4.12. The Hall–Kier alpha value is -1.37. The Balaban J connectivity index is 1.45. The maximum Gasteiger partial charge on any atom is 0.494 e. The SMILES string of the molecule is CN1CCC(N2Cc3cc(B4OC(C)(C)C(C)(C)O4)ccc3C3(CC3)C2=O)CC1. The fourth-order valence-corrected chi connectivity index (χ4v) is 5.19. The van der Waals surface area contributed by atoms with Gasteiger partial charge in [0, 0.05) is 12.6 Å². The molecule has 3 heterocycles. The van der Waals surface area contributed by atoms with Gasteiger partial charge in [-0.05, 0) is 90.1 Å². The molecule has 0 radical (unpaired) electrons. The normalized spacial score (nSPS) is 28.1. The number of carbonyl (C=O) groups is 1. The van der Waals surface area contributed by atoms with Crippen molar-refractivity contribution in [3.05, 3.63) is 29.3 Å². The molecule has 5 nitrogen and oxygen atoms in total. The van der Waals surface area contributed by atoms with Crippen LogP contribution in [0.25, 0.3) is 0 Å². The second kappa shape index (κ2) is 6.32. The van der Waals surface area contributed by atoms with E-state index in [2.05, 4.69) is 62.7 Å². The molecule has 1 aromatic rings. The van der Waals surface area contributed by atoms with Crippen LogP contribution in [0.5, 0.6) is 0 Å². The van der Waals surface area contributed by atoms with Gasteiger partial charge in [0.2, 0.25) is 5.91 Å². The lowest BCUT2D eigenvalue weighted by Crippen LogP contribution is -2.52. The summed E-state index contributed by atoms with van der Waals surface area (Å²) in [5, 5.41) is 0. The minimum Gasteiger partial charge on any atom is -0.399 e. The largest absolute Gasteiger partial charge is 0.494 e. The van der Waals surface area contributed by atoms with E-state index >= 15 is 0 Å². The number of hydrogen-bond donors (Lipinski definition) is 0. The summed E-state index contributed by atoms with van der Waals surface area (Å²) in [6.45, 7) is 11.2. The third kappa shape index (κ3) is 2.98. The highest BCUT2D eigenvalue weighted by Gasteiger charge is 2.58. The molecule has 156 valence electrons. The fourth-order valence-electron chi connectivity index (χ4n) is 5.19. The molecule has 5 rings (SSSR count). The first-order chi connectivity index (χ1) is 13.6.